The molecule has 150 valence electrons. The zero-order valence-corrected chi connectivity index (χ0v) is 15.9. The number of alkyl halides is 3. The Bertz CT molecular complexity index is 975. The molecule has 4 nitrogen and oxygen atoms in total. The fraction of sp³-hybridized carbons (Fsp3) is 0.273. The van der Waals surface area contributed by atoms with Crippen LogP contribution in [0.5, 0.6) is 5.75 Å². The van der Waals surface area contributed by atoms with E-state index in [9.17, 15) is 13.2 Å². The van der Waals surface area contributed by atoms with Gasteiger partial charge in [0.25, 0.3) is 0 Å². The van der Waals surface area contributed by atoms with Crippen LogP contribution < -0.4 is 4.74 Å². The van der Waals surface area contributed by atoms with Crippen molar-refractivity contribution < 1.29 is 17.9 Å². The predicted octanol–water partition coefficient (Wildman–Crippen LogP) is 5.12. The molecule has 4 rings (SSSR count). The highest BCUT2D eigenvalue weighted by atomic mass is 19.4. The van der Waals surface area contributed by atoms with Crippen molar-refractivity contribution in [2.45, 2.75) is 25.2 Å². The quantitative estimate of drug-likeness (QED) is 0.613. The number of hydrogen-bond donors (Lipinski definition) is 0. The lowest BCUT2D eigenvalue weighted by Crippen LogP contribution is -2.18. The van der Waals surface area contributed by atoms with Gasteiger partial charge >= 0.3 is 6.18 Å². The maximum atomic E-state index is 12.8. The van der Waals surface area contributed by atoms with E-state index in [-0.39, 0.29) is 6.10 Å². The third-order valence-corrected chi connectivity index (χ3v) is 5.03. The zero-order chi connectivity index (χ0) is 20.4. The van der Waals surface area contributed by atoms with Crippen LogP contribution in [-0.4, -0.2) is 28.7 Å². The van der Waals surface area contributed by atoms with Gasteiger partial charge in [0, 0.05) is 31.3 Å². The summed E-state index contributed by atoms with van der Waals surface area (Å²) in [6.07, 6.45) is -2.21. The lowest BCUT2D eigenvalue weighted by molar-refractivity contribution is -0.137. The number of benzene rings is 2. The van der Waals surface area contributed by atoms with E-state index in [0.717, 1.165) is 54.0 Å². The van der Waals surface area contributed by atoms with E-state index in [4.69, 9.17) is 4.74 Å². The minimum atomic E-state index is -4.35. The molecule has 0 spiro atoms. The van der Waals surface area contributed by atoms with E-state index in [1.807, 2.05) is 31.3 Å². The highest BCUT2D eigenvalue weighted by Crippen LogP contribution is 2.35. The fourth-order valence-corrected chi connectivity index (χ4v) is 3.54. The normalized spacial score (nSPS) is 17.4. The Hall–Kier alpha value is -2.93. The summed E-state index contributed by atoms with van der Waals surface area (Å²) in [6, 6.07) is 14.7. The van der Waals surface area contributed by atoms with Crippen LogP contribution >= 0.6 is 0 Å². The summed E-state index contributed by atoms with van der Waals surface area (Å²) in [5.41, 5.74) is 3.24. The van der Waals surface area contributed by atoms with Crippen LogP contribution in [0.4, 0.5) is 13.2 Å². The summed E-state index contributed by atoms with van der Waals surface area (Å²) in [4.78, 5) is 2.20. The van der Waals surface area contributed by atoms with Crippen LogP contribution in [0.15, 0.2) is 60.8 Å². The van der Waals surface area contributed by atoms with Crippen molar-refractivity contribution in [3.05, 3.63) is 77.5 Å². The molecule has 1 aliphatic rings. The van der Waals surface area contributed by atoms with Gasteiger partial charge in [-0.2, -0.15) is 23.4 Å². The molecule has 0 saturated carbocycles. The van der Waals surface area contributed by atoms with Crippen molar-refractivity contribution in [2.75, 3.05) is 13.6 Å². The van der Waals surface area contributed by atoms with Gasteiger partial charge in [0.1, 0.15) is 11.9 Å². The molecular formula is C22H20F3N3O. The van der Waals surface area contributed by atoms with Crippen LogP contribution in [0, 0.1) is 0 Å². The number of ether oxygens (including phenoxy) is 1. The van der Waals surface area contributed by atoms with E-state index < -0.39 is 11.7 Å². The Morgan fingerprint density at radius 3 is 2.55 bits per heavy atom. The molecule has 7 heteroatoms. The molecule has 0 aliphatic carbocycles. The first kappa shape index (κ1) is 19.4. The first-order valence-electron chi connectivity index (χ1n) is 9.33. The molecule has 2 aromatic carbocycles. The molecule has 3 aromatic rings. The second-order valence-electron chi connectivity index (χ2n) is 7.18. The Balaban J connectivity index is 1.62. The first-order valence-corrected chi connectivity index (χ1v) is 9.33. The van der Waals surface area contributed by atoms with Crippen molar-refractivity contribution in [2.24, 2.45) is 0 Å². The van der Waals surface area contributed by atoms with Crippen molar-refractivity contribution in [3.8, 4) is 17.0 Å². The van der Waals surface area contributed by atoms with E-state index in [1.54, 1.807) is 6.20 Å². The highest BCUT2D eigenvalue weighted by molar-refractivity contribution is 5.60. The van der Waals surface area contributed by atoms with E-state index in [1.165, 1.54) is 12.1 Å². The third kappa shape index (κ3) is 4.40. The van der Waals surface area contributed by atoms with E-state index in [2.05, 4.69) is 21.2 Å². The van der Waals surface area contributed by atoms with Crippen LogP contribution in [0.25, 0.3) is 11.3 Å². The van der Waals surface area contributed by atoms with Crippen LogP contribution in [0.2, 0.25) is 0 Å². The molecular weight excluding hydrogens is 379 g/mol. The molecule has 0 radical (unpaired) electrons. The Morgan fingerprint density at radius 1 is 1.07 bits per heavy atom. The maximum absolute atomic E-state index is 12.8. The molecule has 1 unspecified atom stereocenters. The first-order chi connectivity index (χ1) is 13.9. The summed E-state index contributed by atoms with van der Waals surface area (Å²) in [5.74, 6) is 0.427. The van der Waals surface area contributed by atoms with Gasteiger partial charge in [-0.1, -0.05) is 12.1 Å². The summed E-state index contributed by atoms with van der Waals surface area (Å²) < 4.78 is 44.5. The summed E-state index contributed by atoms with van der Waals surface area (Å²) in [6.45, 7) is 1.58. The SMILES string of the molecule is CN1CCC(Oc2ccc(C(F)(F)F)cc2)c2ccc(-c3cccnn3)cc2C1. The average Bonchev–Trinajstić information content (AvgIpc) is 2.86. The zero-order valence-electron chi connectivity index (χ0n) is 15.9. The van der Waals surface area contributed by atoms with Crippen molar-refractivity contribution >= 4 is 0 Å². The van der Waals surface area contributed by atoms with Gasteiger partial charge in [-0.05, 0) is 60.6 Å². The van der Waals surface area contributed by atoms with Gasteiger partial charge in [0.2, 0.25) is 0 Å². The maximum Gasteiger partial charge on any atom is 0.416 e. The molecule has 1 aromatic heterocycles. The molecule has 0 saturated heterocycles. The summed E-state index contributed by atoms with van der Waals surface area (Å²) in [7, 11) is 2.04. The lowest BCUT2D eigenvalue weighted by Gasteiger charge is -2.20. The van der Waals surface area contributed by atoms with Gasteiger partial charge in [-0.15, -0.1) is 0 Å². The molecule has 0 fully saturated rings. The van der Waals surface area contributed by atoms with Crippen molar-refractivity contribution in [1.29, 1.82) is 0 Å². The van der Waals surface area contributed by atoms with E-state index in [0.29, 0.717) is 5.75 Å². The van der Waals surface area contributed by atoms with Crippen molar-refractivity contribution in [1.82, 2.24) is 15.1 Å². The Morgan fingerprint density at radius 2 is 1.86 bits per heavy atom. The number of halogens is 3. The second kappa shape index (κ2) is 7.83. The minimum absolute atomic E-state index is 0.234. The van der Waals surface area contributed by atoms with Gasteiger partial charge in [0.05, 0.1) is 11.3 Å². The molecule has 0 bridgehead atoms. The summed E-state index contributed by atoms with van der Waals surface area (Å²) in [5, 5.41) is 8.10. The second-order valence-corrected chi connectivity index (χ2v) is 7.18. The standard InChI is InChI=1S/C22H20F3N3O/c1-28-12-10-21(29-18-7-5-17(6-8-18)22(23,24)25)19-9-4-15(13-16(19)14-28)20-3-2-11-26-27-20/h2-9,11,13,21H,10,12,14H2,1H3. The van der Waals surface area contributed by atoms with Crippen LogP contribution in [-0.2, 0) is 12.7 Å². The number of nitrogens with zero attached hydrogens (tertiary/aromatic N) is 3. The lowest BCUT2D eigenvalue weighted by atomic mass is 9.97. The van der Waals surface area contributed by atoms with Crippen molar-refractivity contribution in [3.63, 3.8) is 0 Å². The number of hydrogen-bond acceptors (Lipinski definition) is 4. The van der Waals surface area contributed by atoms with Gasteiger partial charge in [-0.25, -0.2) is 0 Å². The van der Waals surface area contributed by atoms with E-state index >= 15 is 0 Å². The smallest absolute Gasteiger partial charge is 0.416 e. The molecule has 29 heavy (non-hydrogen) atoms. The molecule has 0 N–H and O–H groups in total. The molecule has 1 atom stereocenters. The topological polar surface area (TPSA) is 38.2 Å². The van der Waals surface area contributed by atoms with Crippen LogP contribution in [0.3, 0.4) is 0 Å². The number of aromatic nitrogens is 2. The predicted molar refractivity (Wildman–Crippen MR) is 103 cm³/mol. The highest BCUT2D eigenvalue weighted by Gasteiger charge is 2.30. The Labute approximate surface area is 167 Å². The monoisotopic (exact) mass is 399 g/mol. The molecule has 0 amide bonds. The van der Waals surface area contributed by atoms with Gasteiger partial charge < -0.3 is 9.64 Å². The molecule has 2 heterocycles. The number of fused-ring (bicyclic) bond motifs is 1. The molecule has 1 aliphatic heterocycles. The fourth-order valence-electron chi connectivity index (χ4n) is 3.54. The third-order valence-electron chi connectivity index (χ3n) is 5.03. The largest absolute Gasteiger partial charge is 0.486 e. The summed E-state index contributed by atoms with van der Waals surface area (Å²) >= 11 is 0. The van der Waals surface area contributed by atoms with Gasteiger partial charge in [0.15, 0.2) is 0 Å². The Kier molecular flexibility index (Phi) is 5.24. The van der Waals surface area contributed by atoms with Gasteiger partial charge in [-0.3, -0.25) is 0 Å². The average molecular weight is 399 g/mol. The number of rotatable bonds is 3. The van der Waals surface area contributed by atoms with Crippen LogP contribution in [0.1, 0.15) is 29.2 Å². The minimum Gasteiger partial charge on any atom is -0.486 e.